The molecule has 0 bridgehead atoms. The molecule has 0 atom stereocenters. The number of pyridine rings is 1. The predicted molar refractivity (Wildman–Crippen MR) is 83.2 cm³/mol. The molecule has 2 N–H and O–H groups in total. The van der Waals surface area contributed by atoms with Gasteiger partial charge in [0, 0.05) is 18.9 Å². The monoisotopic (exact) mass is 284 g/mol. The first-order valence-corrected chi connectivity index (χ1v) is 7.60. The number of nitrogens with one attached hydrogen (secondary N) is 2. The quantitative estimate of drug-likeness (QED) is 0.869. The first kappa shape index (κ1) is 12.8. The van der Waals surface area contributed by atoms with Gasteiger partial charge in [0.2, 0.25) is 0 Å². The van der Waals surface area contributed by atoms with Crippen molar-refractivity contribution in [2.45, 2.75) is 18.9 Å². The summed E-state index contributed by atoms with van der Waals surface area (Å²) in [6, 6.07) is 2.57. The highest BCUT2D eigenvalue weighted by molar-refractivity contribution is 5.90. The average molecular weight is 284 g/mol. The molecular weight excluding hydrogens is 264 g/mol. The fraction of sp³-hybridized carbons (Fsp3) is 0.467. The SMILES string of the molecule is C1=CN(c2nccc3c2cnn3C2CCNCC2)CNC1. The van der Waals surface area contributed by atoms with Gasteiger partial charge in [0.25, 0.3) is 0 Å². The van der Waals surface area contributed by atoms with E-state index in [9.17, 15) is 0 Å². The van der Waals surface area contributed by atoms with Crippen LogP contribution in [-0.2, 0) is 0 Å². The minimum atomic E-state index is 0.494. The van der Waals surface area contributed by atoms with Crippen LogP contribution >= 0.6 is 0 Å². The van der Waals surface area contributed by atoms with Gasteiger partial charge in [-0.05, 0) is 32.0 Å². The van der Waals surface area contributed by atoms with E-state index in [-0.39, 0.29) is 0 Å². The molecule has 1 saturated heterocycles. The standard InChI is InChI=1S/C15H20N6/c1-5-17-11-20(9-1)15-13-10-19-21(14(13)4-8-18-15)12-2-6-16-7-3-12/h1,4,8-10,12,16-17H,2-3,5-7,11H2. The number of piperidine rings is 1. The molecule has 2 aliphatic heterocycles. The largest absolute Gasteiger partial charge is 0.319 e. The summed E-state index contributed by atoms with van der Waals surface area (Å²) in [5.74, 6) is 0.983. The van der Waals surface area contributed by atoms with Gasteiger partial charge in [0.1, 0.15) is 5.82 Å². The van der Waals surface area contributed by atoms with Crippen molar-refractivity contribution in [1.29, 1.82) is 0 Å². The van der Waals surface area contributed by atoms with E-state index in [0.717, 1.165) is 50.3 Å². The summed E-state index contributed by atoms with van der Waals surface area (Å²) in [6.45, 7) is 3.85. The molecule has 6 heteroatoms. The van der Waals surface area contributed by atoms with Crippen LogP contribution in [0.5, 0.6) is 0 Å². The fourth-order valence-electron chi connectivity index (χ4n) is 3.18. The fourth-order valence-corrected chi connectivity index (χ4v) is 3.18. The van der Waals surface area contributed by atoms with Gasteiger partial charge in [-0.1, -0.05) is 6.08 Å². The van der Waals surface area contributed by atoms with Crippen molar-refractivity contribution in [3.63, 3.8) is 0 Å². The maximum Gasteiger partial charge on any atom is 0.144 e. The lowest BCUT2D eigenvalue weighted by Crippen LogP contribution is -2.34. The Morgan fingerprint density at radius 1 is 1.19 bits per heavy atom. The molecule has 4 rings (SSSR count). The van der Waals surface area contributed by atoms with Gasteiger partial charge >= 0.3 is 0 Å². The number of aromatic nitrogens is 3. The first-order chi connectivity index (χ1) is 10.4. The van der Waals surface area contributed by atoms with Crippen molar-refractivity contribution in [2.24, 2.45) is 0 Å². The molecule has 0 aromatic carbocycles. The molecule has 2 aliphatic rings. The van der Waals surface area contributed by atoms with Crippen molar-refractivity contribution in [2.75, 3.05) is 31.2 Å². The summed E-state index contributed by atoms with van der Waals surface area (Å²) in [7, 11) is 0. The number of fused-ring (bicyclic) bond motifs is 1. The second-order valence-electron chi connectivity index (χ2n) is 5.60. The maximum atomic E-state index is 4.65. The lowest BCUT2D eigenvalue weighted by atomic mass is 10.1. The molecule has 0 aliphatic carbocycles. The van der Waals surface area contributed by atoms with Gasteiger partial charge in [-0.25, -0.2) is 4.98 Å². The zero-order valence-electron chi connectivity index (χ0n) is 12.0. The van der Waals surface area contributed by atoms with E-state index < -0.39 is 0 Å². The molecule has 6 nitrogen and oxygen atoms in total. The zero-order chi connectivity index (χ0) is 14.1. The van der Waals surface area contributed by atoms with Gasteiger partial charge in [0.15, 0.2) is 0 Å². The van der Waals surface area contributed by atoms with Crippen LogP contribution in [0.4, 0.5) is 5.82 Å². The lowest BCUT2D eigenvalue weighted by molar-refractivity contribution is 0.351. The summed E-state index contributed by atoms with van der Waals surface area (Å²) >= 11 is 0. The number of rotatable bonds is 2. The molecule has 0 amide bonds. The topological polar surface area (TPSA) is 58.0 Å². The normalized spacial score (nSPS) is 20.3. The molecule has 0 unspecified atom stereocenters. The Labute approximate surface area is 123 Å². The Kier molecular flexibility index (Phi) is 3.33. The molecule has 110 valence electrons. The van der Waals surface area contributed by atoms with E-state index >= 15 is 0 Å². The van der Waals surface area contributed by atoms with Gasteiger partial charge in [-0.2, -0.15) is 5.10 Å². The van der Waals surface area contributed by atoms with Crippen molar-refractivity contribution in [3.05, 3.63) is 30.7 Å². The summed E-state index contributed by atoms with van der Waals surface area (Å²) in [5, 5.41) is 12.5. The number of nitrogens with zero attached hydrogens (tertiary/aromatic N) is 4. The van der Waals surface area contributed by atoms with Crippen LogP contribution in [0.15, 0.2) is 30.7 Å². The third-order valence-electron chi connectivity index (χ3n) is 4.26. The third-order valence-corrected chi connectivity index (χ3v) is 4.26. The Bertz CT molecular complexity index is 655. The van der Waals surface area contributed by atoms with E-state index in [1.54, 1.807) is 0 Å². The number of anilines is 1. The molecule has 0 radical (unpaired) electrons. The van der Waals surface area contributed by atoms with Crippen molar-refractivity contribution >= 4 is 16.7 Å². The Morgan fingerprint density at radius 3 is 2.90 bits per heavy atom. The van der Waals surface area contributed by atoms with Crippen LogP contribution in [0.25, 0.3) is 10.9 Å². The molecule has 2 aromatic rings. The second-order valence-corrected chi connectivity index (χ2v) is 5.60. The Morgan fingerprint density at radius 2 is 2.10 bits per heavy atom. The van der Waals surface area contributed by atoms with Crippen LogP contribution in [0.1, 0.15) is 18.9 Å². The molecule has 0 saturated carbocycles. The van der Waals surface area contributed by atoms with Crippen LogP contribution in [0.2, 0.25) is 0 Å². The smallest absolute Gasteiger partial charge is 0.144 e. The summed E-state index contributed by atoms with van der Waals surface area (Å²) in [4.78, 5) is 6.70. The van der Waals surface area contributed by atoms with Crippen molar-refractivity contribution < 1.29 is 0 Å². The van der Waals surface area contributed by atoms with Gasteiger partial charge in [-0.3, -0.25) is 10.00 Å². The molecule has 0 spiro atoms. The van der Waals surface area contributed by atoms with Gasteiger partial charge < -0.3 is 10.2 Å². The highest BCUT2D eigenvalue weighted by Crippen LogP contribution is 2.28. The van der Waals surface area contributed by atoms with E-state index in [2.05, 4.69) is 48.6 Å². The molecule has 4 heterocycles. The van der Waals surface area contributed by atoms with E-state index in [0.29, 0.717) is 6.04 Å². The molecule has 21 heavy (non-hydrogen) atoms. The second kappa shape index (κ2) is 5.46. The highest BCUT2D eigenvalue weighted by Gasteiger charge is 2.20. The highest BCUT2D eigenvalue weighted by atomic mass is 15.3. The van der Waals surface area contributed by atoms with Gasteiger partial charge in [0.05, 0.1) is 29.8 Å². The van der Waals surface area contributed by atoms with E-state index in [4.69, 9.17) is 0 Å². The Balaban J connectivity index is 1.75. The third kappa shape index (κ3) is 2.30. The van der Waals surface area contributed by atoms with E-state index in [1.807, 2.05) is 12.4 Å². The van der Waals surface area contributed by atoms with Crippen molar-refractivity contribution in [1.82, 2.24) is 25.4 Å². The van der Waals surface area contributed by atoms with Crippen LogP contribution in [0.3, 0.4) is 0 Å². The van der Waals surface area contributed by atoms with Gasteiger partial charge in [-0.15, -0.1) is 0 Å². The number of hydrogen-bond donors (Lipinski definition) is 2. The minimum absolute atomic E-state index is 0.494. The van der Waals surface area contributed by atoms with Crippen LogP contribution in [-0.4, -0.2) is 41.1 Å². The van der Waals surface area contributed by atoms with E-state index in [1.165, 1.54) is 5.52 Å². The summed E-state index contributed by atoms with van der Waals surface area (Å²) in [6.07, 6.45) is 10.3. The molecule has 1 fully saturated rings. The molecule has 2 aromatic heterocycles. The average Bonchev–Trinajstić information content (AvgIpc) is 3.00. The lowest BCUT2D eigenvalue weighted by Gasteiger charge is -2.25. The molecular formula is C15H20N6. The van der Waals surface area contributed by atoms with Crippen molar-refractivity contribution in [3.8, 4) is 0 Å². The predicted octanol–water partition coefficient (Wildman–Crippen LogP) is 1.24. The van der Waals surface area contributed by atoms with Crippen LogP contribution < -0.4 is 15.5 Å². The number of hydrogen-bond acceptors (Lipinski definition) is 5. The minimum Gasteiger partial charge on any atom is -0.319 e. The van der Waals surface area contributed by atoms with Crippen LogP contribution in [0, 0.1) is 0 Å². The summed E-state index contributed by atoms with van der Waals surface area (Å²) in [5.41, 5.74) is 1.19. The zero-order valence-corrected chi connectivity index (χ0v) is 12.0. The summed E-state index contributed by atoms with van der Waals surface area (Å²) < 4.78 is 2.18. The first-order valence-electron chi connectivity index (χ1n) is 7.60. The Hall–Kier alpha value is -1.92. The maximum absolute atomic E-state index is 4.65.